The van der Waals surface area contributed by atoms with Crippen molar-refractivity contribution in [2.24, 2.45) is 11.5 Å². The SMILES string of the molecule is CCn1nc(C)cc1C(=O)Nc1nc2cc(C(N)=O)cc(OC)c2n1C/C=C/Cn1c(NC(=O)c2cc(C)nn2CC)nc2cc(C(N)=O)cc(OC/C=C/Cn3cc([N+](=O)[O-])c(C(=O)OC)n3)c21. The van der Waals surface area contributed by atoms with Crippen LogP contribution in [0.1, 0.15) is 77.4 Å². The number of aryl methyl sites for hydroxylation is 4. The largest absolute Gasteiger partial charge is 0.494 e. The summed E-state index contributed by atoms with van der Waals surface area (Å²) in [5.74, 6) is -2.80. The molecule has 2 aromatic carbocycles. The first-order valence-corrected chi connectivity index (χ1v) is 21.2. The van der Waals surface area contributed by atoms with E-state index in [0.29, 0.717) is 46.7 Å². The first-order valence-electron chi connectivity index (χ1n) is 21.2. The molecule has 0 saturated heterocycles. The molecule has 5 heterocycles. The summed E-state index contributed by atoms with van der Waals surface area (Å²) in [4.78, 5) is 84.6. The molecule has 0 saturated carbocycles. The standard InChI is InChI=1S/C44H47N15O10/c1-7-57-30(17-24(3)51-57)40(62)49-43-47-28-19-26(38(45)60)21-33(67-5)36(28)55(43)14-9-10-15-56-37-29(48-44(56)50-41(63)31-18-25(4)52-58(31)8-2)20-27(39(46)61)22-34(37)69-16-12-11-13-54-23-32(59(65)66)35(53-54)42(64)68-6/h9-12,17-23H,7-8,13-16H2,1-6H3,(H2,45,60)(H2,46,61)(H,47,49,62)(H,48,50,63)/b10-9+,12-11+. The van der Waals surface area contributed by atoms with Crippen LogP contribution in [0.3, 0.4) is 0 Å². The Morgan fingerprint density at radius 1 is 0.710 bits per heavy atom. The van der Waals surface area contributed by atoms with Crippen LogP contribution in [0, 0.1) is 24.0 Å². The van der Waals surface area contributed by atoms with Gasteiger partial charge in [0.15, 0.2) is 0 Å². The molecular weight excluding hydrogens is 899 g/mol. The molecule has 358 valence electrons. The average molecular weight is 946 g/mol. The number of carbonyl (C=O) groups excluding carboxylic acids is 5. The van der Waals surface area contributed by atoms with Gasteiger partial charge in [-0.2, -0.15) is 15.3 Å². The fourth-order valence-electron chi connectivity index (χ4n) is 7.45. The molecule has 0 bridgehead atoms. The maximum absolute atomic E-state index is 13.9. The van der Waals surface area contributed by atoms with Gasteiger partial charge in [0, 0.05) is 37.3 Å². The highest BCUT2D eigenvalue weighted by Gasteiger charge is 2.27. The van der Waals surface area contributed by atoms with Crippen molar-refractivity contribution in [1.82, 2.24) is 48.4 Å². The second-order valence-corrected chi connectivity index (χ2v) is 15.2. The molecule has 0 spiro atoms. The summed E-state index contributed by atoms with van der Waals surface area (Å²) in [6.07, 6.45) is 7.83. The number of allylic oxidation sites excluding steroid dienone is 3. The van der Waals surface area contributed by atoms with Crippen LogP contribution in [0.25, 0.3) is 22.1 Å². The van der Waals surface area contributed by atoms with Crippen molar-refractivity contribution in [2.45, 2.75) is 60.4 Å². The van der Waals surface area contributed by atoms with Gasteiger partial charge in [0.25, 0.3) is 11.8 Å². The summed E-state index contributed by atoms with van der Waals surface area (Å²) < 4.78 is 24.1. The molecule has 7 aromatic rings. The predicted octanol–water partition coefficient (Wildman–Crippen LogP) is 3.93. The van der Waals surface area contributed by atoms with Gasteiger partial charge in [-0.1, -0.05) is 18.2 Å². The van der Waals surface area contributed by atoms with Crippen LogP contribution in [-0.2, 0) is 37.5 Å². The first-order chi connectivity index (χ1) is 33.0. The van der Waals surface area contributed by atoms with Crippen LogP contribution in [0.15, 0.2) is 66.9 Å². The van der Waals surface area contributed by atoms with Crippen molar-refractivity contribution < 1.29 is 43.1 Å². The van der Waals surface area contributed by atoms with E-state index in [9.17, 15) is 34.1 Å². The molecule has 25 heteroatoms. The van der Waals surface area contributed by atoms with Gasteiger partial charge in [-0.3, -0.25) is 54.0 Å². The average Bonchev–Trinajstić information content (AvgIpc) is 4.16. The van der Waals surface area contributed by atoms with Crippen LogP contribution >= 0.6 is 0 Å². The van der Waals surface area contributed by atoms with E-state index < -0.39 is 45.9 Å². The molecule has 7 rings (SSSR count). The number of hydrogen-bond acceptors (Lipinski definition) is 15. The van der Waals surface area contributed by atoms with Crippen molar-refractivity contribution in [2.75, 3.05) is 31.5 Å². The number of amides is 4. The van der Waals surface area contributed by atoms with Crippen LogP contribution in [-0.4, -0.2) is 104 Å². The summed E-state index contributed by atoms with van der Waals surface area (Å²) >= 11 is 0. The summed E-state index contributed by atoms with van der Waals surface area (Å²) in [5, 5.41) is 30.0. The molecule has 5 aromatic heterocycles. The third kappa shape index (κ3) is 10.0. The van der Waals surface area contributed by atoms with Gasteiger partial charge in [0.2, 0.25) is 29.4 Å². The zero-order valence-corrected chi connectivity index (χ0v) is 38.3. The van der Waals surface area contributed by atoms with E-state index in [1.54, 1.807) is 68.8 Å². The molecule has 0 aliphatic carbocycles. The normalized spacial score (nSPS) is 11.5. The Labute approximate surface area is 391 Å². The minimum absolute atomic E-state index is 0.0174. The summed E-state index contributed by atoms with van der Waals surface area (Å²) in [6, 6.07) is 9.17. The number of nitro groups is 1. The molecule has 6 N–H and O–H groups in total. The molecule has 0 aliphatic rings. The fourth-order valence-corrected chi connectivity index (χ4v) is 7.45. The van der Waals surface area contributed by atoms with Crippen molar-refractivity contribution in [1.29, 1.82) is 0 Å². The molecule has 0 fully saturated rings. The zero-order chi connectivity index (χ0) is 49.7. The number of benzene rings is 2. The molecule has 0 aliphatic heterocycles. The number of anilines is 2. The van der Waals surface area contributed by atoms with Crippen LogP contribution in [0.2, 0.25) is 0 Å². The van der Waals surface area contributed by atoms with Crippen molar-refractivity contribution in [3.05, 3.63) is 117 Å². The van der Waals surface area contributed by atoms with Gasteiger partial charge in [0.1, 0.15) is 46.7 Å². The van der Waals surface area contributed by atoms with Gasteiger partial charge < -0.3 is 34.8 Å². The van der Waals surface area contributed by atoms with Crippen molar-refractivity contribution >= 4 is 69.2 Å². The summed E-state index contributed by atoms with van der Waals surface area (Å²) in [6.45, 7) is 8.15. The minimum Gasteiger partial charge on any atom is -0.494 e. The maximum Gasteiger partial charge on any atom is 0.365 e. The van der Waals surface area contributed by atoms with E-state index in [2.05, 4.69) is 35.7 Å². The van der Waals surface area contributed by atoms with E-state index in [1.165, 1.54) is 36.1 Å². The van der Waals surface area contributed by atoms with Crippen LogP contribution in [0.4, 0.5) is 17.6 Å². The fraction of sp³-hybridized carbons (Fsp3) is 0.273. The Morgan fingerprint density at radius 3 is 1.67 bits per heavy atom. The molecule has 25 nitrogen and oxygen atoms in total. The Hall–Kier alpha value is -9.16. The van der Waals surface area contributed by atoms with E-state index in [4.69, 9.17) is 25.9 Å². The number of imidazole rings is 2. The third-order valence-electron chi connectivity index (χ3n) is 10.6. The Balaban J connectivity index is 1.25. The Kier molecular flexibility index (Phi) is 14.0. The lowest BCUT2D eigenvalue weighted by molar-refractivity contribution is -0.385. The van der Waals surface area contributed by atoms with Crippen LogP contribution < -0.4 is 31.6 Å². The summed E-state index contributed by atoms with van der Waals surface area (Å²) in [5.41, 5.74) is 13.8. The number of primary amides is 2. The number of ether oxygens (including phenoxy) is 3. The van der Waals surface area contributed by atoms with Gasteiger partial charge in [-0.05, 0) is 70.2 Å². The second kappa shape index (κ2) is 20.1. The number of aromatic nitrogens is 10. The Morgan fingerprint density at radius 2 is 1.20 bits per heavy atom. The number of carbonyl (C=O) groups is 5. The molecule has 4 amide bonds. The second-order valence-electron chi connectivity index (χ2n) is 15.2. The zero-order valence-electron chi connectivity index (χ0n) is 38.3. The number of methoxy groups -OCH3 is 2. The first kappa shape index (κ1) is 47.8. The van der Waals surface area contributed by atoms with Gasteiger partial charge >= 0.3 is 11.7 Å². The maximum atomic E-state index is 13.9. The van der Waals surface area contributed by atoms with E-state index in [0.717, 1.165) is 13.3 Å². The number of hydrogen-bond donors (Lipinski definition) is 4. The number of nitrogens with one attached hydrogen (secondary N) is 2. The smallest absolute Gasteiger partial charge is 0.365 e. The molecule has 0 atom stereocenters. The highest BCUT2D eigenvalue weighted by molar-refractivity contribution is 6.05. The molecule has 69 heavy (non-hydrogen) atoms. The topological polar surface area (TPSA) is 321 Å². The third-order valence-corrected chi connectivity index (χ3v) is 10.6. The highest BCUT2D eigenvalue weighted by Crippen LogP contribution is 2.33. The molecule has 0 radical (unpaired) electrons. The van der Waals surface area contributed by atoms with E-state index in [-0.39, 0.29) is 72.0 Å². The number of esters is 1. The number of rotatable bonds is 20. The lowest BCUT2D eigenvalue weighted by Gasteiger charge is -2.13. The monoisotopic (exact) mass is 945 g/mol. The summed E-state index contributed by atoms with van der Waals surface area (Å²) in [7, 11) is 2.52. The van der Waals surface area contributed by atoms with Gasteiger partial charge in [-0.25, -0.2) is 14.8 Å². The number of nitrogens with zero attached hydrogens (tertiary/aromatic N) is 11. The minimum atomic E-state index is -0.963. The molecular formula is C44H47N15O10. The highest BCUT2D eigenvalue weighted by atomic mass is 16.6. The van der Waals surface area contributed by atoms with Crippen molar-refractivity contribution in [3.8, 4) is 11.5 Å². The van der Waals surface area contributed by atoms with E-state index >= 15 is 0 Å². The van der Waals surface area contributed by atoms with Crippen LogP contribution in [0.5, 0.6) is 11.5 Å². The number of nitrogens with two attached hydrogens (primary N) is 2. The number of fused-ring (bicyclic) bond motifs is 2. The predicted molar refractivity (Wildman–Crippen MR) is 248 cm³/mol. The van der Waals surface area contributed by atoms with E-state index in [1.807, 2.05) is 13.8 Å². The lowest BCUT2D eigenvalue weighted by atomic mass is 10.1. The quantitative estimate of drug-likeness (QED) is 0.0364. The Bertz CT molecular complexity index is 3240. The van der Waals surface area contributed by atoms with Gasteiger partial charge in [0.05, 0.1) is 48.1 Å². The van der Waals surface area contributed by atoms with Crippen molar-refractivity contribution in [3.63, 3.8) is 0 Å². The lowest BCUT2D eigenvalue weighted by Crippen LogP contribution is -2.20. The van der Waals surface area contributed by atoms with Gasteiger partial charge in [-0.15, -0.1) is 0 Å². The molecule has 0 unspecified atom stereocenters.